The standard InChI is InChI=1S/C10H11ClN4O3/c1-13-9(8(11)4-12)7-3-6(15(16)17)5-14-10(7)18-2/h3-5H,12H2,1-2H3. The first-order chi connectivity index (χ1) is 8.54. The molecule has 0 atom stereocenters. The zero-order valence-electron chi connectivity index (χ0n) is 9.75. The van der Waals surface area contributed by atoms with E-state index in [2.05, 4.69) is 9.98 Å². The van der Waals surface area contributed by atoms with Gasteiger partial charge in [0.1, 0.15) is 6.20 Å². The molecule has 0 aromatic carbocycles. The first kappa shape index (κ1) is 13.9. The van der Waals surface area contributed by atoms with Gasteiger partial charge in [-0.1, -0.05) is 11.6 Å². The van der Waals surface area contributed by atoms with Crippen molar-refractivity contribution < 1.29 is 9.66 Å². The summed E-state index contributed by atoms with van der Waals surface area (Å²) in [5, 5.41) is 10.9. The fourth-order valence-corrected chi connectivity index (χ4v) is 1.49. The summed E-state index contributed by atoms with van der Waals surface area (Å²) >= 11 is 5.88. The van der Waals surface area contributed by atoms with E-state index in [0.717, 1.165) is 12.4 Å². The fraction of sp³-hybridized carbons (Fsp3) is 0.200. The summed E-state index contributed by atoms with van der Waals surface area (Å²) in [6.07, 6.45) is 2.23. The average molecular weight is 271 g/mol. The average Bonchev–Trinajstić information content (AvgIpc) is 2.39. The number of ether oxygens (including phenoxy) is 1. The van der Waals surface area contributed by atoms with Crippen LogP contribution in [0.1, 0.15) is 5.56 Å². The molecule has 0 aliphatic heterocycles. The highest BCUT2D eigenvalue weighted by Gasteiger charge is 2.18. The summed E-state index contributed by atoms with van der Waals surface area (Å²) in [5.74, 6) is 0.182. The van der Waals surface area contributed by atoms with E-state index in [4.69, 9.17) is 22.1 Å². The zero-order valence-corrected chi connectivity index (χ0v) is 10.5. The molecule has 0 spiro atoms. The van der Waals surface area contributed by atoms with Gasteiger partial charge in [-0.05, 0) is 0 Å². The number of nitrogens with two attached hydrogens (primary N) is 1. The predicted molar refractivity (Wildman–Crippen MR) is 68.0 cm³/mol. The van der Waals surface area contributed by atoms with E-state index in [9.17, 15) is 10.1 Å². The molecule has 0 aliphatic carbocycles. The van der Waals surface area contributed by atoms with Gasteiger partial charge in [-0.15, -0.1) is 0 Å². The van der Waals surface area contributed by atoms with Gasteiger partial charge in [0.25, 0.3) is 5.69 Å². The fourth-order valence-electron chi connectivity index (χ4n) is 1.31. The number of hydrogen-bond acceptors (Lipinski definition) is 6. The molecule has 7 nitrogen and oxygen atoms in total. The van der Waals surface area contributed by atoms with Crippen LogP contribution in [-0.2, 0) is 0 Å². The van der Waals surface area contributed by atoms with Gasteiger partial charge in [-0.2, -0.15) is 0 Å². The van der Waals surface area contributed by atoms with Crippen LogP contribution in [0.4, 0.5) is 5.69 Å². The van der Waals surface area contributed by atoms with Gasteiger partial charge in [0.2, 0.25) is 5.88 Å². The maximum Gasteiger partial charge on any atom is 0.288 e. The summed E-state index contributed by atoms with van der Waals surface area (Å²) in [5.41, 5.74) is 5.70. The van der Waals surface area contributed by atoms with E-state index in [-0.39, 0.29) is 22.3 Å². The predicted octanol–water partition coefficient (Wildman–Crippen LogP) is 1.46. The largest absolute Gasteiger partial charge is 0.480 e. The van der Waals surface area contributed by atoms with Crippen LogP contribution in [-0.4, -0.2) is 29.8 Å². The Morgan fingerprint density at radius 2 is 2.39 bits per heavy atom. The first-order valence-corrected chi connectivity index (χ1v) is 5.16. The lowest BCUT2D eigenvalue weighted by Gasteiger charge is -2.08. The molecule has 0 saturated heterocycles. The van der Waals surface area contributed by atoms with Gasteiger partial charge in [0.05, 0.1) is 28.3 Å². The van der Waals surface area contributed by atoms with Gasteiger partial charge >= 0.3 is 0 Å². The Morgan fingerprint density at radius 3 is 2.83 bits per heavy atom. The molecule has 18 heavy (non-hydrogen) atoms. The summed E-state index contributed by atoms with van der Waals surface area (Å²) in [7, 11) is 2.88. The van der Waals surface area contributed by atoms with Crippen LogP contribution in [0.3, 0.4) is 0 Å². The van der Waals surface area contributed by atoms with E-state index in [1.165, 1.54) is 20.2 Å². The van der Waals surface area contributed by atoms with Crippen molar-refractivity contribution in [1.82, 2.24) is 4.98 Å². The Morgan fingerprint density at radius 1 is 1.72 bits per heavy atom. The molecule has 1 aromatic heterocycles. The number of pyridine rings is 1. The van der Waals surface area contributed by atoms with Crippen molar-refractivity contribution in [2.24, 2.45) is 10.7 Å². The molecule has 0 saturated carbocycles. The smallest absolute Gasteiger partial charge is 0.288 e. The van der Waals surface area contributed by atoms with Crippen molar-refractivity contribution in [2.75, 3.05) is 14.2 Å². The molecular formula is C10H11ClN4O3. The molecule has 0 bridgehead atoms. The van der Waals surface area contributed by atoms with Crippen molar-refractivity contribution in [3.8, 4) is 5.88 Å². The van der Waals surface area contributed by atoms with Gasteiger partial charge in [0, 0.05) is 19.3 Å². The number of methoxy groups -OCH3 is 1. The normalized spacial score (nSPS) is 12.4. The monoisotopic (exact) mass is 270 g/mol. The lowest BCUT2D eigenvalue weighted by molar-refractivity contribution is -0.385. The number of hydrogen-bond donors (Lipinski definition) is 1. The highest BCUT2D eigenvalue weighted by atomic mass is 35.5. The van der Waals surface area contributed by atoms with E-state index in [1.807, 2.05) is 0 Å². The van der Waals surface area contributed by atoms with E-state index < -0.39 is 4.92 Å². The van der Waals surface area contributed by atoms with Crippen LogP contribution >= 0.6 is 11.6 Å². The minimum absolute atomic E-state index is 0.151. The van der Waals surface area contributed by atoms with Crippen LogP contribution in [0, 0.1) is 10.1 Å². The van der Waals surface area contributed by atoms with Gasteiger partial charge < -0.3 is 10.5 Å². The van der Waals surface area contributed by atoms with E-state index in [0.29, 0.717) is 5.56 Å². The molecule has 1 aromatic rings. The molecule has 0 radical (unpaired) electrons. The van der Waals surface area contributed by atoms with Crippen molar-refractivity contribution in [1.29, 1.82) is 0 Å². The number of halogens is 1. The molecule has 0 unspecified atom stereocenters. The Hall–Kier alpha value is -2.15. The van der Waals surface area contributed by atoms with Gasteiger partial charge in [-0.3, -0.25) is 15.1 Å². The number of nitrogens with zero attached hydrogens (tertiary/aromatic N) is 3. The quantitative estimate of drug-likeness (QED) is 0.507. The highest BCUT2D eigenvalue weighted by molar-refractivity contribution is 6.46. The summed E-state index contributed by atoms with van der Waals surface area (Å²) in [6.45, 7) is 0. The van der Waals surface area contributed by atoms with Crippen molar-refractivity contribution in [2.45, 2.75) is 0 Å². The molecule has 2 N–H and O–H groups in total. The zero-order chi connectivity index (χ0) is 13.7. The topological polar surface area (TPSA) is 104 Å². The van der Waals surface area contributed by atoms with E-state index in [1.54, 1.807) is 0 Å². The Balaban J connectivity index is 3.44. The number of rotatable bonds is 4. The van der Waals surface area contributed by atoms with Crippen molar-refractivity contribution in [3.63, 3.8) is 0 Å². The number of allylic oxidation sites excluding steroid dienone is 1. The van der Waals surface area contributed by atoms with Crippen LogP contribution in [0.25, 0.3) is 0 Å². The molecule has 0 aliphatic rings. The maximum atomic E-state index is 10.7. The molecule has 1 rings (SSSR count). The number of aliphatic imine (C=N–C) groups is 1. The molecule has 0 amide bonds. The second-order valence-electron chi connectivity index (χ2n) is 3.09. The van der Waals surface area contributed by atoms with Crippen LogP contribution in [0.2, 0.25) is 0 Å². The molecule has 1 heterocycles. The molecule has 8 heteroatoms. The Labute approximate surface area is 108 Å². The minimum Gasteiger partial charge on any atom is -0.480 e. The second-order valence-corrected chi connectivity index (χ2v) is 3.50. The van der Waals surface area contributed by atoms with Gasteiger partial charge in [0.15, 0.2) is 0 Å². The first-order valence-electron chi connectivity index (χ1n) is 4.78. The Kier molecular flexibility index (Phi) is 4.61. The number of nitro groups is 1. The Bertz CT molecular complexity index is 528. The highest BCUT2D eigenvalue weighted by Crippen LogP contribution is 2.24. The van der Waals surface area contributed by atoms with Crippen molar-refractivity contribution in [3.05, 3.63) is 39.2 Å². The number of aromatic nitrogens is 1. The summed E-state index contributed by atoms with van der Waals surface area (Å²) < 4.78 is 5.02. The SMILES string of the molecule is CN=C(C(Cl)=CN)c1cc([N+](=O)[O-])cnc1OC. The van der Waals surface area contributed by atoms with Crippen LogP contribution < -0.4 is 10.5 Å². The van der Waals surface area contributed by atoms with Crippen LogP contribution in [0.5, 0.6) is 5.88 Å². The third-order valence-corrected chi connectivity index (χ3v) is 2.40. The molecule has 0 fully saturated rings. The lowest BCUT2D eigenvalue weighted by atomic mass is 10.1. The third kappa shape index (κ3) is 2.75. The van der Waals surface area contributed by atoms with E-state index >= 15 is 0 Å². The third-order valence-electron chi connectivity index (χ3n) is 2.09. The second kappa shape index (κ2) is 5.97. The molecule has 96 valence electrons. The van der Waals surface area contributed by atoms with Gasteiger partial charge in [-0.25, -0.2) is 4.98 Å². The lowest BCUT2D eigenvalue weighted by Crippen LogP contribution is -2.07. The molecular weight excluding hydrogens is 260 g/mol. The van der Waals surface area contributed by atoms with Crippen molar-refractivity contribution >= 4 is 23.0 Å². The minimum atomic E-state index is -0.566. The summed E-state index contributed by atoms with van der Waals surface area (Å²) in [4.78, 5) is 17.9. The van der Waals surface area contributed by atoms with Crippen LogP contribution in [0.15, 0.2) is 28.5 Å². The summed E-state index contributed by atoms with van der Waals surface area (Å²) in [6, 6.07) is 1.28. The maximum absolute atomic E-state index is 10.7.